The van der Waals surface area contributed by atoms with E-state index in [9.17, 15) is 0 Å². The topological polar surface area (TPSA) is 20.2 Å². The zero-order chi connectivity index (χ0) is 7.40. The number of aliphatic hydroxyl groups is 1. The van der Waals surface area contributed by atoms with Crippen LogP contribution in [0.3, 0.4) is 0 Å². The van der Waals surface area contributed by atoms with Crippen LogP contribution < -0.4 is 0 Å². The molecule has 1 aliphatic rings. The molecule has 1 atom stereocenters. The summed E-state index contributed by atoms with van der Waals surface area (Å²) in [6, 6.07) is 0. The Morgan fingerprint density at radius 3 is 3.00 bits per heavy atom. The first-order valence-corrected chi connectivity index (χ1v) is 4.77. The van der Waals surface area contributed by atoms with E-state index in [-0.39, 0.29) is 6.61 Å². The minimum Gasteiger partial charge on any atom is -0.392 e. The van der Waals surface area contributed by atoms with Gasteiger partial charge in [0.15, 0.2) is 0 Å². The fourth-order valence-corrected chi connectivity index (χ4v) is 2.55. The lowest BCUT2D eigenvalue weighted by molar-refractivity contribution is 0.326. The van der Waals surface area contributed by atoms with Crippen molar-refractivity contribution in [1.29, 1.82) is 0 Å². The van der Waals surface area contributed by atoms with Crippen LogP contribution in [0.4, 0.5) is 0 Å². The number of hydrogen-bond acceptors (Lipinski definition) is 2. The van der Waals surface area contributed by atoms with Gasteiger partial charge in [0.2, 0.25) is 0 Å². The first kappa shape index (κ1) is 8.15. The summed E-state index contributed by atoms with van der Waals surface area (Å²) in [5.74, 6) is 1.30. The highest BCUT2D eigenvalue weighted by Crippen LogP contribution is 2.30. The van der Waals surface area contributed by atoms with E-state index in [1.165, 1.54) is 18.6 Å². The summed E-state index contributed by atoms with van der Waals surface area (Å²) in [7, 11) is 0. The Morgan fingerprint density at radius 2 is 2.50 bits per heavy atom. The number of thioether (sulfide) groups is 1. The second-order valence-corrected chi connectivity index (χ2v) is 4.16. The van der Waals surface area contributed by atoms with Crippen molar-refractivity contribution in [2.24, 2.45) is 0 Å². The van der Waals surface area contributed by atoms with Gasteiger partial charge < -0.3 is 5.11 Å². The average molecular weight is 158 g/mol. The van der Waals surface area contributed by atoms with Gasteiger partial charge in [-0.15, -0.1) is 0 Å². The van der Waals surface area contributed by atoms with Gasteiger partial charge in [-0.3, -0.25) is 0 Å². The summed E-state index contributed by atoms with van der Waals surface area (Å²) in [5.41, 5.74) is 0.986. The zero-order valence-corrected chi connectivity index (χ0v) is 6.99. The Labute approximate surface area is 66.5 Å². The molecule has 0 aromatic carbocycles. The molecule has 0 aliphatic carbocycles. The molecule has 1 aliphatic heterocycles. The highest BCUT2D eigenvalue weighted by atomic mass is 32.2. The van der Waals surface area contributed by atoms with E-state index in [1.807, 2.05) is 11.8 Å². The molecule has 1 rings (SSSR count). The van der Waals surface area contributed by atoms with Crippen LogP contribution in [0.15, 0.2) is 12.2 Å². The summed E-state index contributed by atoms with van der Waals surface area (Å²) in [5, 5.41) is 9.44. The van der Waals surface area contributed by atoms with Crippen LogP contribution >= 0.6 is 11.8 Å². The molecule has 1 nitrogen and oxygen atoms in total. The molecule has 1 saturated heterocycles. The maximum atomic E-state index is 8.69. The minimum atomic E-state index is 0.164. The summed E-state index contributed by atoms with van der Waals surface area (Å²) in [4.78, 5) is 0. The van der Waals surface area contributed by atoms with Crippen molar-refractivity contribution in [1.82, 2.24) is 0 Å². The quantitative estimate of drug-likeness (QED) is 0.632. The average Bonchev–Trinajstić information content (AvgIpc) is 2.40. The van der Waals surface area contributed by atoms with Crippen LogP contribution in [-0.2, 0) is 0 Å². The molecular formula is C8H14OS. The summed E-state index contributed by atoms with van der Waals surface area (Å²) < 4.78 is 0. The van der Waals surface area contributed by atoms with Crippen molar-refractivity contribution in [2.75, 3.05) is 12.4 Å². The van der Waals surface area contributed by atoms with Gasteiger partial charge in [0.05, 0.1) is 6.61 Å². The van der Waals surface area contributed by atoms with Gasteiger partial charge in [-0.1, -0.05) is 12.2 Å². The fourth-order valence-electron chi connectivity index (χ4n) is 1.19. The van der Waals surface area contributed by atoms with Crippen LogP contribution in [-0.4, -0.2) is 22.7 Å². The lowest BCUT2D eigenvalue weighted by Crippen LogP contribution is -2.00. The van der Waals surface area contributed by atoms with Crippen molar-refractivity contribution in [3.05, 3.63) is 12.2 Å². The Bertz CT molecular complexity index is 116. The SMILES string of the molecule is C=C(CO)CC1CCCS1. The van der Waals surface area contributed by atoms with Crippen molar-refractivity contribution in [3.8, 4) is 0 Å². The number of hydrogen-bond donors (Lipinski definition) is 1. The van der Waals surface area contributed by atoms with Crippen LogP contribution in [0.5, 0.6) is 0 Å². The Morgan fingerprint density at radius 1 is 1.70 bits per heavy atom. The van der Waals surface area contributed by atoms with E-state index in [4.69, 9.17) is 5.11 Å². The molecule has 0 aromatic heterocycles. The third-order valence-electron chi connectivity index (χ3n) is 1.76. The minimum absolute atomic E-state index is 0.164. The molecule has 0 spiro atoms. The summed E-state index contributed by atoms with van der Waals surface area (Å²) >= 11 is 2.01. The van der Waals surface area contributed by atoms with Crippen LogP contribution in [0.25, 0.3) is 0 Å². The third kappa shape index (κ3) is 2.35. The second kappa shape index (κ2) is 4.04. The van der Waals surface area contributed by atoms with E-state index in [2.05, 4.69) is 6.58 Å². The molecule has 2 heteroatoms. The predicted molar refractivity (Wildman–Crippen MR) is 46.3 cm³/mol. The molecule has 1 fully saturated rings. The van der Waals surface area contributed by atoms with Crippen molar-refractivity contribution in [2.45, 2.75) is 24.5 Å². The first-order chi connectivity index (χ1) is 4.83. The number of rotatable bonds is 3. The van der Waals surface area contributed by atoms with E-state index in [0.717, 1.165) is 17.2 Å². The summed E-state index contributed by atoms with van der Waals surface area (Å²) in [6.07, 6.45) is 3.67. The van der Waals surface area contributed by atoms with Crippen molar-refractivity contribution < 1.29 is 5.11 Å². The van der Waals surface area contributed by atoms with Gasteiger partial charge in [0.25, 0.3) is 0 Å². The van der Waals surface area contributed by atoms with E-state index < -0.39 is 0 Å². The lowest BCUT2D eigenvalue weighted by atomic mass is 10.1. The molecule has 10 heavy (non-hydrogen) atoms. The largest absolute Gasteiger partial charge is 0.392 e. The zero-order valence-electron chi connectivity index (χ0n) is 6.18. The molecule has 0 amide bonds. The normalized spacial score (nSPS) is 25.1. The van der Waals surface area contributed by atoms with Gasteiger partial charge in [-0.2, -0.15) is 11.8 Å². The third-order valence-corrected chi connectivity index (χ3v) is 3.16. The van der Waals surface area contributed by atoms with Crippen LogP contribution in [0.1, 0.15) is 19.3 Å². The van der Waals surface area contributed by atoms with Gasteiger partial charge in [-0.05, 0) is 25.0 Å². The van der Waals surface area contributed by atoms with E-state index >= 15 is 0 Å². The smallest absolute Gasteiger partial charge is 0.0639 e. The van der Waals surface area contributed by atoms with Crippen LogP contribution in [0.2, 0.25) is 0 Å². The predicted octanol–water partition coefficient (Wildman–Crippen LogP) is 1.82. The molecule has 1 heterocycles. The number of aliphatic hydroxyl groups excluding tert-OH is 1. The summed E-state index contributed by atoms with van der Waals surface area (Å²) in [6.45, 7) is 3.94. The van der Waals surface area contributed by atoms with E-state index in [0.29, 0.717) is 0 Å². The molecule has 0 aromatic rings. The molecule has 1 N–H and O–H groups in total. The van der Waals surface area contributed by atoms with Gasteiger partial charge in [0, 0.05) is 5.25 Å². The highest BCUT2D eigenvalue weighted by Gasteiger charge is 2.15. The first-order valence-electron chi connectivity index (χ1n) is 3.72. The Hall–Kier alpha value is 0.0500. The molecule has 1 unspecified atom stereocenters. The maximum Gasteiger partial charge on any atom is 0.0639 e. The maximum absolute atomic E-state index is 8.69. The van der Waals surface area contributed by atoms with Crippen LogP contribution in [0, 0.1) is 0 Å². The fraction of sp³-hybridized carbons (Fsp3) is 0.750. The van der Waals surface area contributed by atoms with Gasteiger partial charge in [0.1, 0.15) is 0 Å². The van der Waals surface area contributed by atoms with Crippen molar-refractivity contribution >= 4 is 11.8 Å². The molecular weight excluding hydrogens is 144 g/mol. The Kier molecular flexibility index (Phi) is 3.29. The lowest BCUT2D eigenvalue weighted by Gasteiger charge is -2.07. The standard InChI is InChI=1S/C8H14OS/c1-7(6-9)5-8-3-2-4-10-8/h8-9H,1-6H2. The highest BCUT2D eigenvalue weighted by molar-refractivity contribution is 8.00. The molecule has 0 bridgehead atoms. The van der Waals surface area contributed by atoms with Crippen molar-refractivity contribution in [3.63, 3.8) is 0 Å². The molecule has 58 valence electrons. The van der Waals surface area contributed by atoms with E-state index in [1.54, 1.807) is 0 Å². The van der Waals surface area contributed by atoms with Gasteiger partial charge in [-0.25, -0.2) is 0 Å². The van der Waals surface area contributed by atoms with Gasteiger partial charge >= 0.3 is 0 Å². The molecule has 0 saturated carbocycles. The Balaban J connectivity index is 2.17. The second-order valence-electron chi connectivity index (χ2n) is 2.75. The monoisotopic (exact) mass is 158 g/mol. The molecule has 0 radical (unpaired) electrons.